The van der Waals surface area contributed by atoms with Crippen LogP contribution in [-0.4, -0.2) is 17.9 Å². The Hall–Kier alpha value is -1.24. The second-order valence-electron chi connectivity index (χ2n) is 5.63. The van der Waals surface area contributed by atoms with Crippen molar-refractivity contribution >= 4 is 40.5 Å². The van der Waals surface area contributed by atoms with Crippen molar-refractivity contribution in [2.24, 2.45) is 0 Å². The number of rotatable bonds is 6. The molecule has 2 aromatic rings. The zero-order valence-electron chi connectivity index (χ0n) is 12.9. The summed E-state index contributed by atoms with van der Waals surface area (Å²) in [6.45, 7) is 6.92. The number of benzene rings is 2. The van der Waals surface area contributed by atoms with Gasteiger partial charge in [0, 0.05) is 10.9 Å². The van der Waals surface area contributed by atoms with Crippen molar-refractivity contribution in [1.29, 1.82) is 0 Å². The van der Waals surface area contributed by atoms with Gasteiger partial charge in [0.1, 0.15) is 0 Å². The molecule has 0 bridgehead atoms. The van der Waals surface area contributed by atoms with Crippen LogP contribution in [0.1, 0.15) is 6.92 Å². The molecule has 0 radical (unpaired) electrons. The quantitative estimate of drug-likeness (QED) is 0.323. The summed E-state index contributed by atoms with van der Waals surface area (Å²) in [5.41, 5.74) is 0.186. The average Bonchev–Trinajstić information content (AvgIpc) is 2.53. The molecule has 0 heterocycles. The fourth-order valence-corrected chi connectivity index (χ4v) is 9.29. The normalized spacial score (nSPS) is 12.9. The summed E-state index contributed by atoms with van der Waals surface area (Å²) in [5, 5.41) is 12.5. The van der Waals surface area contributed by atoms with Crippen molar-refractivity contribution in [3.8, 4) is 0 Å². The van der Waals surface area contributed by atoms with E-state index in [1.165, 1.54) is 16.0 Å². The molecule has 22 heavy (non-hydrogen) atoms. The van der Waals surface area contributed by atoms with E-state index in [-0.39, 0.29) is 10.6 Å². The summed E-state index contributed by atoms with van der Waals surface area (Å²) < 4.78 is 0. The molecule has 1 atom stereocenters. The first-order valence-electron chi connectivity index (χ1n) is 7.05. The lowest BCUT2D eigenvalue weighted by Gasteiger charge is -2.29. The summed E-state index contributed by atoms with van der Waals surface area (Å²) in [4.78, 5) is 11.9. The number of nitro benzene ring substituents is 1. The van der Waals surface area contributed by atoms with E-state index in [4.69, 9.17) is 0 Å². The van der Waals surface area contributed by atoms with E-state index < -0.39 is 8.07 Å². The third-order valence-corrected chi connectivity index (χ3v) is 13.0. The maximum atomic E-state index is 11.1. The van der Waals surface area contributed by atoms with E-state index in [1.807, 2.05) is 18.2 Å². The van der Waals surface area contributed by atoms with Gasteiger partial charge in [-0.15, -0.1) is 0 Å². The molecule has 6 heteroatoms. The Kier molecular flexibility index (Phi) is 5.72. The highest BCUT2D eigenvalue weighted by molar-refractivity contribution is 8.77. The van der Waals surface area contributed by atoms with Gasteiger partial charge in [-0.25, -0.2) is 0 Å². The van der Waals surface area contributed by atoms with E-state index in [2.05, 4.69) is 44.3 Å². The maximum absolute atomic E-state index is 11.1. The molecule has 116 valence electrons. The van der Waals surface area contributed by atoms with Crippen LogP contribution >= 0.6 is 21.6 Å². The molecule has 0 aliphatic carbocycles. The molecule has 2 aromatic carbocycles. The largest absolute Gasteiger partial charge is 0.283 e. The highest BCUT2D eigenvalue weighted by atomic mass is 33.1. The van der Waals surface area contributed by atoms with Crippen molar-refractivity contribution in [3.05, 3.63) is 64.7 Å². The maximum Gasteiger partial charge on any atom is 0.283 e. The van der Waals surface area contributed by atoms with Gasteiger partial charge in [0.25, 0.3) is 5.69 Å². The summed E-state index contributed by atoms with van der Waals surface area (Å²) in [7, 11) is 1.64. The molecule has 0 saturated heterocycles. The molecule has 3 nitrogen and oxygen atoms in total. The standard InChI is InChI=1S/C16H19NO2S2Si/c1-13(22(2,3)14-9-5-4-6-10-14)20-21-16-12-8-7-11-15(16)17(18)19/h4-13H,1-3H3. The number of hydrogen-bond donors (Lipinski definition) is 0. The van der Waals surface area contributed by atoms with Gasteiger partial charge in [0.15, 0.2) is 0 Å². The molecule has 0 aliphatic rings. The SMILES string of the molecule is CC(SSc1ccccc1[N+](=O)[O-])[Si](C)(C)c1ccccc1. The molecule has 0 aliphatic heterocycles. The number of nitrogens with zero attached hydrogens (tertiary/aromatic N) is 1. The number of nitro groups is 1. The molecule has 0 saturated carbocycles. The number of para-hydroxylation sites is 1. The molecule has 1 unspecified atom stereocenters. The molecule has 0 amide bonds. The van der Waals surface area contributed by atoms with Crippen LogP contribution in [0.25, 0.3) is 0 Å². The minimum atomic E-state index is -1.61. The van der Waals surface area contributed by atoms with Gasteiger partial charge in [-0.1, -0.05) is 89.3 Å². The van der Waals surface area contributed by atoms with Crippen molar-refractivity contribution in [2.45, 2.75) is 29.8 Å². The van der Waals surface area contributed by atoms with Crippen molar-refractivity contribution in [1.82, 2.24) is 0 Å². The first-order valence-corrected chi connectivity index (χ1v) is 12.3. The third-order valence-electron chi connectivity index (χ3n) is 3.88. The lowest BCUT2D eigenvalue weighted by atomic mass is 10.3. The van der Waals surface area contributed by atoms with Gasteiger partial charge in [-0.2, -0.15) is 0 Å². The van der Waals surface area contributed by atoms with E-state index in [0.29, 0.717) is 4.87 Å². The Labute approximate surface area is 140 Å². The summed E-state index contributed by atoms with van der Waals surface area (Å²) >= 11 is 0. The smallest absolute Gasteiger partial charge is 0.258 e. The topological polar surface area (TPSA) is 43.1 Å². The highest BCUT2D eigenvalue weighted by Gasteiger charge is 2.31. The molecule has 0 spiro atoms. The van der Waals surface area contributed by atoms with Crippen LogP contribution in [-0.2, 0) is 0 Å². The first kappa shape index (κ1) is 17.1. The monoisotopic (exact) mass is 349 g/mol. The average molecular weight is 350 g/mol. The molecular formula is C16H19NO2S2Si. The molecule has 0 N–H and O–H groups in total. The lowest BCUT2D eigenvalue weighted by molar-refractivity contribution is -0.387. The summed E-state index contributed by atoms with van der Waals surface area (Å²) in [6.07, 6.45) is 0. The molecule has 0 aromatic heterocycles. The van der Waals surface area contributed by atoms with Gasteiger partial charge >= 0.3 is 0 Å². The van der Waals surface area contributed by atoms with Crippen molar-refractivity contribution in [2.75, 3.05) is 0 Å². The number of hydrogen-bond acceptors (Lipinski definition) is 4. The minimum absolute atomic E-state index is 0.186. The summed E-state index contributed by atoms with van der Waals surface area (Å²) in [6, 6.07) is 17.5. The Bertz CT molecular complexity index is 650. The second-order valence-corrected chi connectivity index (χ2v) is 13.5. The van der Waals surface area contributed by atoms with E-state index in [1.54, 1.807) is 22.9 Å². The van der Waals surface area contributed by atoms with E-state index >= 15 is 0 Å². The van der Waals surface area contributed by atoms with Crippen molar-refractivity contribution < 1.29 is 4.92 Å². The Morgan fingerprint density at radius 2 is 1.64 bits per heavy atom. The van der Waals surface area contributed by atoms with Crippen molar-refractivity contribution in [3.63, 3.8) is 0 Å². The van der Waals surface area contributed by atoms with E-state index in [9.17, 15) is 10.1 Å². The molecule has 0 fully saturated rings. The zero-order valence-corrected chi connectivity index (χ0v) is 15.5. The van der Waals surface area contributed by atoms with Gasteiger partial charge < -0.3 is 0 Å². The van der Waals surface area contributed by atoms with Crippen LogP contribution in [0.3, 0.4) is 0 Å². The Balaban J connectivity index is 2.10. The second kappa shape index (κ2) is 7.35. The summed E-state index contributed by atoms with van der Waals surface area (Å²) in [5.74, 6) is 0. The molecule has 2 rings (SSSR count). The molecular weight excluding hydrogens is 330 g/mol. The van der Waals surface area contributed by atoms with Crippen LogP contribution < -0.4 is 5.19 Å². The van der Waals surface area contributed by atoms with Crippen LogP contribution in [0.5, 0.6) is 0 Å². The third kappa shape index (κ3) is 3.94. The Morgan fingerprint density at radius 3 is 2.27 bits per heavy atom. The van der Waals surface area contributed by atoms with Gasteiger partial charge in [-0.3, -0.25) is 10.1 Å². The van der Waals surface area contributed by atoms with Crippen LogP contribution in [0.4, 0.5) is 5.69 Å². The first-order chi connectivity index (χ1) is 10.4. The van der Waals surface area contributed by atoms with E-state index in [0.717, 1.165) is 4.90 Å². The van der Waals surface area contributed by atoms with Gasteiger partial charge in [0.2, 0.25) is 0 Å². The predicted molar refractivity (Wildman–Crippen MR) is 99.6 cm³/mol. The fraction of sp³-hybridized carbons (Fsp3) is 0.250. The van der Waals surface area contributed by atoms with Gasteiger partial charge in [0.05, 0.1) is 17.9 Å². The fourth-order valence-electron chi connectivity index (χ4n) is 2.03. The van der Waals surface area contributed by atoms with Crippen LogP contribution in [0.2, 0.25) is 13.1 Å². The highest BCUT2D eigenvalue weighted by Crippen LogP contribution is 2.41. The zero-order chi connectivity index (χ0) is 16.2. The van der Waals surface area contributed by atoms with Crippen LogP contribution in [0.15, 0.2) is 59.5 Å². The van der Waals surface area contributed by atoms with Crippen LogP contribution in [0, 0.1) is 10.1 Å². The predicted octanol–water partition coefficient (Wildman–Crippen LogP) is 4.88. The Morgan fingerprint density at radius 1 is 1.05 bits per heavy atom. The minimum Gasteiger partial charge on any atom is -0.258 e. The van der Waals surface area contributed by atoms with Gasteiger partial charge in [-0.05, 0) is 6.07 Å². The lowest BCUT2D eigenvalue weighted by Crippen LogP contribution is -2.49.